The fourth-order valence-electron chi connectivity index (χ4n) is 4.61. The van der Waals surface area contributed by atoms with E-state index in [4.69, 9.17) is 28.8 Å². The Balaban J connectivity index is 3.49. The zero-order chi connectivity index (χ0) is 36.7. The van der Waals surface area contributed by atoms with Gasteiger partial charge in [-0.2, -0.15) is 0 Å². The van der Waals surface area contributed by atoms with E-state index < -0.39 is 40.6 Å². The van der Waals surface area contributed by atoms with E-state index in [1.165, 1.54) is 18.2 Å². The van der Waals surface area contributed by atoms with Crippen LogP contribution in [0.25, 0.3) is 0 Å². The van der Waals surface area contributed by atoms with Crippen LogP contribution in [0, 0.1) is 10.8 Å². The van der Waals surface area contributed by atoms with E-state index in [1.54, 1.807) is 6.07 Å². The Kier molecular flexibility index (Phi) is 18.9. The summed E-state index contributed by atoms with van der Waals surface area (Å²) in [5, 5.41) is 11.5. The van der Waals surface area contributed by atoms with Gasteiger partial charge in [0.2, 0.25) is 0 Å². The predicted molar refractivity (Wildman–Crippen MR) is 175 cm³/mol. The number of esters is 4. The summed E-state index contributed by atoms with van der Waals surface area (Å²) in [5.74, 6) is -4.18. The summed E-state index contributed by atoms with van der Waals surface area (Å²) in [6.45, 7) is 11.7. The topological polar surface area (TPSA) is 198 Å². The summed E-state index contributed by atoms with van der Waals surface area (Å²) in [4.78, 5) is 85.6. The molecule has 0 aliphatic heterocycles. The van der Waals surface area contributed by atoms with Gasteiger partial charge in [0, 0.05) is 36.6 Å². The third-order valence-electron chi connectivity index (χ3n) is 7.36. The standard InChI is InChI=1S/C35H43NO13/c1-5-26(39)14-17-34(21-46-29(40)6-2,22-49-33(44)28-13-10-9-12-27(28)32(43)36-18-19-37)15-11-16-35(20-45-25-38,23-47-30(41)7-3)24-48-31(42)8-4/h5-10,12-13,25,37H,1-4,11,14-24H2,(H,36,43). The lowest BCUT2D eigenvalue weighted by atomic mass is 9.76. The molecule has 14 nitrogen and oxygen atoms in total. The van der Waals surface area contributed by atoms with Crippen LogP contribution in [0.15, 0.2) is 74.9 Å². The molecular formula is C35H43NO13. The number of hydrogen-bond acceptors (Lipinski definition) is 13. The first-order chi connectivity index (χ1) is 23.4. The van der Waals surface area contributed by atoms with E-state index in [1.807, 2.05) is 0 Å². The van der Waals surface area contributed by atoms with Crippen LogP contribution in [0.1, 0.15) is 52.8 Å². The van der Waals surface area contributed by atoms with E-state index in [0.717, 1.165) is 24.3 Å². The number of ether oxygens (including phenoxy) is 5. The number of ketones is 1. The maximum Gasteiger partial charge on any atom is 0.338 e. The van der Waals surface area contributed by atoms with Crippen molar-refractivity contribution < 1.29 is 62.4 Å². The number of allylic oxidation sites excluding steroid dienone is 1. The van der Waals surface area contributed by atoms with Crippen LogP contribution in [0.2, 0.25) is 0 Å². The van der Waals surface area contributed by atoms with Crippen molar-refractivity contribution in [2.75, 3.05) is 46.2 Å². The molecule has 0 saturated heterocycles. The fraction of sp³-hybridized carbons (Fsp3) is 0.400. The third kappa shape index (κ3) is 14.9. The minimum Gasteiger partial charge on any atom is -0.467 e. The molecule has 266 valence electrons. The molecule has 0 saturated carbocycles. The van der Waals surface area contributed by atoms with E-state index in [-0.39, 0.29) is 102 Å². The van der Waals surface area contributed by atoms with Gasteiger partial charge < -0.3 is 34.1 Å². The van der Waals surface area contributed by atoms with Crippen molar-refractivity contribution in [3.8, 4) is 0 Å². The Morgan fingerprint density at radius 2 is 1.20 bits per heavy atom. The van der Waals surface area contributed by atoms with Gasteiger partial charge in [0.15, 0.2) is 5.78 Å². The van der Waals surface area contributed by atoms with E-state index >= 15 is 0 Å². The van der Waals surface area contributed by atoms with Crippen molar-refractivity contribution in [3.05, 3.63) is 86.0 Å². The van der Waals surface area contributed by atoms with Gasteiger partial charge in [0.25, 0.3) is 12.4 Å². The van der Waals surface area contributed by atoms with Gasteiger partial charge in [-0.15, -0.1) is 0 Å². The number of hydrogen-bond donors (Lipinski definition) is 2. The Morgan fingerprint density at radius 1 is 0.694 bits per heavy atom. The van der Waals surface area contributed by atoms with Crippen LogP contribution in [0.5, 0.6) is 0 Å². The third-order valence-corrected chi connectivity index (χ3v) is 7.36. The molecule has 1 aromatic rings. The number of rotatable bonds is 26. The maximum atomic E-state index is 13.4. The van der Waals surface area contributed by atoms with Crippen LogP contribution in [0.3, 0.4) is 0 Å². The van der Waals surface area contributed by atoms with Crippen LogP contribution >= 0.6 is 0 Å². The summed E-state index contributed by atoms with van der Waals surface area (Å²) in [5.41, 5.74) is -2.53. The van der Waals surface area contributed by atoms with Gasteiger partial charge in [-0.25, -0.2) is 19.2 Å². The maximum absolute atomic E-state index is 13.4. The molecule has 0 spiro atoms. The quantitative estimate of drug-likeness (QED) is 0.0625. The monoisotopic (exact) mass is 685 g/mol. The molecule has 1 amide bonds. The summed E-state index contributed by atoms with van der Waals surface area (Å²) >= 11 is 0. The number of benzene rings is 1. The molecule has 0 radical (unpaired) electrons. The zero-order valence-corrected chi connectivity index (χ0v) is 27.4. The fourth-order valence-corrected chi connectivity index (χ4v) is 4.61. The smallest absolute Gasteiger partial charge is 0.338 e. The molecule has 0 heterocycles. The van der Waals surface area contributed by atoms with Gasteiger partial charge in [0.05, 0.1) is 23.1 Å². The van der Waals surface area contributed by atoms with Crippen molar-refractivity contribution in [2.24, 2.45) is 10.8 Å². The van der Waals surface area contributed by atoms with Gasteiger partial charge in [0.1, 0.15) is 33.0 Å². The van der Waals surface area contributed by atoms with Crippen LogP contribution in [-0.2, 0) is 47.7 Å². The minimum atomic E-state index is -1.25. The molecule has 0 aromatic heterocycles. The highest BCUT2D eigenvalue weighted by atomic mass is 16.6. The van der Waals surface area contributed by atoms with Crippen molar-refractivity contribution in [1.82, 2.24) is 5.32 Å². The number of amides is 1. The van der Waals surface area contributed by atoms with Gasteiger partial charge >= 0.3 is 23.9 Å². The lowest BCUT2D eigenvalue weighted by Crippen LogP contribution is -2.40. The highest BCUT2D eigenvalue weighted by Gasteiger charge is 2.39. The van der Waals surface area contributed by atoms with E-state index in [0.29, 0.717) is 0 Å². The Bertz CT molecular complexity index is 1320. The molecular weight excluding hydrogens is 642 g/mol. The minimum absolute atomic E-state index is 0.00502. The predicted octanol–water partition coefficient (Wildman–Crippen LogP) is 2.60. The first-order valence-electron chi connectivity index (χ1n) is 15.2. The molecule has 1 rings (SSSR count). The number of carbonyl (C=O) groups excluding carboxylic acids is 7. The average molecular weight is 686 g/mol. The van der Waals surface area contributed by atoms with Crippen LogP contribution in [0.4, 0.5) is 0 Å². The van der Waals surface area contributed by atoms with Crippen LogP contribution < -0.4 is 5.32 Å². The SMILES string of the molecule is C=CC(=O)CCC(CCCC(COC=O)(COC(=O)C=C)COC(=O)C=C)(COC(=O)C=C)COC(=O)c1ccccc1C(=O)NCCO. The molecule has 1 unspecified atom stereocenters. The molecule has 0 aliphatic carbocycles. The highest BCUT2D eigenvalue weighted by Crippen LogP contribution is 2.36. The number of carbonyl (C=O) groups is 7. The first-order valence-corrected chi connectivity index (χ1v) is 15.2. The lowest BCUT2D eigenvalue weighted by molar-refractivity contribution is -0.154. The molecule has 1 atom stereocenters. The zero-order valence-electron chi connectivity index (χ0n) is 27.4. The molecule has 2 N–H and O–H groups in total. The van der Waals surface area contributed by atoms with Gasteiger partial charge in [-0.3, -0.25) is 14.4 Å². The van der Waals surface area contributed by atoms with Crippen molar-refractivity contribution in [1.29, 1.82) is 0 Å². The summed E-state index contributed by atoms with van der Waals surface area (Å²) in [6, 6.07) is 5.86. The Hall–Kier alpha value is -5.37. The number of nitrogens with one attached hydrogen (secondary N) is 1. The van der Waals surface area contributed by atoms with Crippen molar-refractivity contribution >= 4 is 42.0 Å². The second kappa shape index (κ2) is 22.2. The highest BCUT2D eigenvalue weighted by molar-refractivity contribution is 6.05. The largest absolute Gasteiger partial charge is 0.467 e. The summed E-state index contributed by atoms with van der Waals surface area (Å²) in [7, 11) is 0. The first kappa shape index (κ1) is 41.7. The summed E-state index contributed by atoms with van der Waals surface area (Å²) in [6.07, 6.45) is 4.28. The van der Waals surface area contributed by atoms with Gasteiger partial charge in [-0.1, -0.05) is 44.9 Å². The Labute approximate surface area is 284 Å². The molecule has 1 aromatic carbocycles. The molecule has 0 bridgehead atoms. The van der Waals surface area contributed by atoms with Crippen LogP contribution in [-0.4, -0.2) is 93.3 Å². The second-order valence-corrected chi connectivity index (χ2v) is 11.0. The normalized spacial score (nSPS) is 11.8. The summed E-state index contributed by atoms with van der Waals surface area (Å²) < 4.78 is 26.6. The molecule has 14 heteroatoms. The lowest BCUT2D eigenvalue weighted by Gasteiger charge is -2.35. The molecule has 0 fully saturated rings. The van der Waals surface area contributed by atoms with E-state index in [9.17, 15) is 33.6 Å². The van der Waals surface area contributed by atoms with Gasteiger partial charge in [-0.05, 0) is 37.5 Å². The molecule has 49 heavy (non-hydrogen) atoms. The van der Waals surface area contributed by atoms with Crippen molar-refractivity contribution in [2.45, 2.75) is 32.1 Å². The Morgan fingerprint density at radius 3 is 1.71 bits per heavy atom. The van der Waals surface area contributed by atoms with Crippen molar-refractivity contribution in [3.63, 3.8) is 0 Å². The average Bonchev–Trinajstić information content (AvgIpc) is 3.13. The number of aliphatic hydroxyl groups is 1. The molecule has 0 aliphatic rings. The van der Waals surface area contributed by atoms with E-state index in [2.05, 4.69) is 31.6 Å². The second-order valence-electron chi connectivity index (χ2n) is 11.0. The number of aliphatic hydroxyl groups excluding tert-OH is 1.